The van der Waals surface area contributed by atoms with Gasteiger partial charge in [0.15, 0.2) is 0 Å². The van der Waals surface area contributed by atoms with Crippen LogP contribution in [0.1, 0.15) is 52.9 Å². The molecule has 1 atom stereocenters. The molecule has 0 unspecified atom stereocenters. The van der Waals surface area contributed by atoms with Crippen molar-refractivity contribution < 1.29 is 9.59 Å². The van der Waals surface area contributed by atoms with Crippen molar-refractivity contribution in [2.24, 2.45) is 5.92 Å². The average Bonchev–Trinajstić information content (AvgIpc) is 2.62. The third kappa shape index (κ3) is 3.32. The van der Waals surface area contributed by atoms with Crippen molar-refractivity contribution in [1.82, 2.24) is 15.1 Å². The van der Waals surface area contributed by atoms with Gasteiger partial charge in [-0.15, -0.1) is 0 Å². The number of carbonyl (C=O) groups is 2. The van der Waals surface area contributed by atoms with Crippen molar-refractivity contribution in [3.8, 4) is 0 Å². The van der Waals surface area contributed by atoms with Crippen LogP contribution in [0.5, 0.6) is 0 Å². The van der Waals surface area contributed by atoms with Gasteiger partial charge in [-0.3, -0.25) is 9.69 Å². The third-order valence-electron chi connectivity index (χ3n) is 4.36. The molecule has 114 valence electrons. The number of piperidine rings is 1. The van der Waals surface area contributed by atoms with Gasteiger partial charge in [-0.1, -0.05) is 20.3 Å². The molecule has 0 saturated carbocycles. The number of nitrogens with zero attached hydrogens (tertiary/aromatic N) is 2. The largest absolute Gasteiger partial charge is 0.326 e. The van der Waals surface area contributed by atoms with E-state index in [-0.39, 0.29) is 11.9 Å². The molecule has 0 spiro atoms. The van der Waals surface area contributed by atoms with Gasteiger partial charge in [-0.05, 0) is 51.6 Å². The Morgan fingerprint density at radius 1 is 1.20 bits per heavy atom. The van der Waals surface area contributed by atoms with Gasteiger partial charge in [0.1, 0.15) is 5.54 Å². The highest BCUT2D eigenvalue weighted by molar-refractivity contribution is 6.06. The van der Waals surface area contributed by atoms with E-state index in [0.717, 1.165) is 32.4 Å². The molecule has 2 fully saturated rings. The number of urea groups is 1. The van der Waals surface area contributed by atoms with Gasteiger partial charge in [0.05, 0.1) is 6.67 Å². The van der Waals surface area contributed by atoms with Crippen LogP contribution in [0.3, 0.4) is 0 Å². The van der Waals surface area contributed by atoms with Crippen LogP contribution >= 0.6 is 0 Å². The normalized spacial score (nSPS) is 28.3. The van der Waals surface area contributed by atoms with Crippen molar-refractivity contribution in [3.63, 3.8) is 0 Å². The highest BCUT2D eigenvalue weighted by Gasteiger charge is 2.47. The van der Waals surface area contributed by atoms with Gasteiger partial charge < -0.3 is 5.32 Å². The molecule has 2 aliphatic rings. The lowest BCUT2D eigenvalue weighted by Gasteiger charge is -2.30. The zero-order valence-corrected chi connectivity index (χ0v) is 12.9. The Balaban J connectivity index is 1.96. The Labute approximate surface area is 121 Å². The third-order valence-corrected chi connectivity index (χ3v) is 4.36. The minimum atomic E-state index is -0.711. The predicted octanol–water partition coefficient (Wildman–Crippen LogP) is 2.18. The number of hydrogen-bond donors (Lipinski definition) is 1. The first-order chi connectivity index (χ1) is 9.42. The van der Waals surface area contributed by atoms with Crippen LogP contribution in [0.2, 0.25) is 0 Å². The summed E-state index contributed by atoms with van der Waals surface area (Å²) in [6.07, 6.45) is 5.23. The highest BCUT2D eigenvalue weighted by Crippen LogP contribution is 2.25. The summed E-state index contributed by atoms with van der Waals surface area (Å²) in [6.45, 7) is 8.54. The Bertz CT molecular complexity index is 377. The van der Waals surface area contributed by atoms with E-state index in [1.54, 1.807) is 0 Å². The Morgan fingerprint density at radius 2 is 1.85 bits per heavy atom. The zero-order valence-electron chi connectivity index (χ0n) is 12.9. The predicted molar refractivity (Wildman–Crippen MR) is 78.1 cm³/mol. The number of likely N-dealkylation sites (tertiary alicyclic amines) is 1. The summed E-state index contributed by atoms with van der Waals surface area (Å²) < 4.78 is 0. The van der Waals surface area contributed by atoms with E-state index in [2.05, 4.69) is 24.1 Å². The molecular formula is C15H27N3O2. The SMILES string of the molecule is CC(C)CC[C@@]1(C)NC(=O)N(CN2CCCCC2)C1=O. The number of carbonyl (C=O) groups excluding carboxylic acids is 2. The van der Waals surface area contributed by atoms with Crippen LogP contribution in [-0.2, 0) is 4.79 Å². The van der Waals surface area contributed by atoms with Crippen molar-refractivity contribution in [1.29, 1.82) is 0 Å². The summed E-state index contributed by atoms with van der Waals surface area (Å²) >= 11 is 0. The molecular weight excluding hydrogens is 254 g/mol. The molecule has 2 heterocycles. The zero-order chi connectivity index (χ0) is 14.8. The number of imide groups is 1. The Morgan fingerprint density at radius 3 is 2.45 bits per heavy atom. The lowest BCUT2D eigenvalue weighted by Crippen LogP contribution is -2.46. The van der Waals surface area contributed by atoms with Crippen molar-refractivity contribution in [2.75, 3.05) is 19.8 Å². The number of amides is 3. The quantitative estimate of drug-likeness (QED) is 0.786. The molecule has 3 amide bonds. The van der Waals surface area contributed by atoms with E-state index < -0.39 is 5.54 Å². The maximum atomic E-state index is 12.5. The first-order valence-electron chi connectivity index (χ1n) is 7.79. The molecule has 2 rings (SSSR count). The molecule has 5 nitrogen and oxygen atoms in total. The summed E-state index contributed by atoms with van der Waals surface area (Å²) in [5, 5.41) is 2.89. The van der Waals surface area contributed by atoms with Crippen LogP contribution in [0.4, 0.5) is 4.79 Å². The molecule has 2 aliphatic heterocycles. The minimum Gasteiger partial charge on any atom is -0.323 e. The Kier molecular flexibility index (Phi) is 4.68. The lowest BCUT2D eigenvalue weighted by atomic mass is 9.92. The number of hydrogen-bond acceptors (Lipinski definition) is 3. The second-order valence-electron chi connectivity index (χ2n) is 6.75. The fourth-order valence-electron chi connectivity index (χ4n) is 2.92. The standard InChI is InChI=1S/C15H27N3O2/c1-12(2)7-8-15(3)13(19)18(14(20)16-15)11-17-9-5-4-6-10-17/h12H,4-11H2,1-3H3,(H,16,20)/t15-/m1/s1. The molecule has 0 aromatic rings. The molecule has 0 aromatic heterocycles. The number of rotatable bonds is 5. The second-order valence-corrected chi connectivity index (χ2v) is 6.75. The Hall–Kier alpha value is -1.10. The molecule has 1 N–H and O–H groups in total. The molecule has 0 aromatic carbocycles. The van der Waals surface area contributed by atoms with E-state index in [4.69, 9.17) is 0 Å². The summed E-state index contributed by atoms with van der Waals surface area (Å²) in [7, 11) is 0. The molecule has 2 saturated heterocycles. The van der Waals surface area contributed by atoms with Crippen LogP contribution in [0.15, 0.2) is 0 Å². The van der Waals surface area contributed by atoms with Gasteiger partial charge >= 0.3 is 6.03 Å². The first kappa shape index (κ1) is 15.3. The molecule has 0 aliphatic carbocycles. The average molecular weight is 281 g/mol. The topological polar surface area (TPSA) is 52.7 Å². The fraction of sp³-hybridized carbons (Fsp3) is 0.867. The highest BCUT2D eigenvalue weighted by atomic mass is 16.2. The van der Waals surface area contributed by atoms with Gasteiger partial charge in [0, 0.05) is 0 Å². The van der Waals surface area contributed by atoms with Crippen LogP contribution < -0.4 is 5.32 Å². The van der Waals surface area contributed by atoms with Gasteiger partial charge in [-0.2, -0.15) is 0 Å². The van der Waals surface area contributed by atoms with E-state index >= 15 is 0 Å². The van der Waals surface area contributed by atoms with Crippen molar-refractivity contribution >= 4 is 11.9 Å². The van der Waals surface area contributed by atoms with Gasteiger partial charge in [0.25, 0.3) is 5.91 Å². The summed E-state index contributed by atoms with van der Waals surface area (Å²) in [5.41, 5.74) is -0.711. The van der Waals surface area contributed by atoms with E-state index in [1.165, 1.54) is 11.3 Å². The maximum Gasteiger partial charge on any atom is 0.326 e. The lowest BCUT2D eigenvalue weighted by molar-refractivity contribution is -0.132. The van der Waals surface area contributed by atoms with Crippen molar-refractivity contribution in [3.05, 3.63) is 0 Å². The molecule has 5 heteroatoms. The minimum absolute atomic E-state index is 0.0614. The monoisotopic (exact) mass is 281 g/mol. The molecule has 0 radical (unpaired) electrons. The van der Waals surface area contributed by atoms with E-state index in [9.17, 15) is 9.59 Å². The van der Waals surface area contributed by atoms with Gasteiger partial charge in [-0.25, -0.2) is 9.69 Å². The summed E-state index contributed by atoms with van der Waals surface area (Å²) in [6, 6.07) is -0.230. The van der Waals surface area contributed by atoms with Crippen LogP contribution in [0, 0.1) is 5.92 Å². The van der Waals surface area contributed by atoms with E-state index in [1.807, 2.05) is 6.92 Å². The molecule has 0 bridgehead atoms. The van der Waals surface area contributed by atoms with Crippen molar-refractivity contribution in [2.45, 2.75) is 58.4 Å². The molecule has 20 heavy (non-hydrogen) atoms. The summed E-state index contributed by atoms with van der Waals surface area (Å²) in [5.74, 6) is 0.474. The summed E-state index contributed by atoms with van der Waals surface area (Å²) in [4.78, 5) is 28.2. The number of nitrogens with one attached hydrogen (secondary N) is 1. The first-order valence-corrected chi connectivity index (χ1v) is 7.79. The fourth-order valence-corrected chi connectivity index (χ4v) is 2.92. The second kappa shape index (κ2) is 6.12. The maximum absolute atomic E-state index is 12.5. The van der Waals surface area contributed by atoms with Crippen LogP contribution in [-0.4, -0.2) is 47.0 Å². The van der Waals surface area contributed by atoms with Gasteiger partial charge in [0.2, 0.25) is 0 Å². The van der Waals surface area contributed by atoms with Crippen LogP contribution in [0.25, 0.3) is 0 Å². The smallest absolute Gasteiger partial charge is 0.323 e. The van der Waals surface area contributed by atoms with E-state index in [0.29, 0.717) is 19.0 Å².